The van der Waals surface area contributed by atoms with Crippen molar-refractivity contribution < 1.29 is 4.79 Å². The minimum atomic E-state index is -0.133. The molecule has 7 nitrogen and oxygen atoms in total. The maximum Gasteiger partial charge on any atom is 0.264 e. The number of nitrogens with zero attached hydrogens (tertiary/aromatic N) is 3. The molecule has 0 fully saturated rings. The molecule has 146 valence electrons. The molecular formula is C21H25N5O2. The lowest BCUT2D eigenvalue weighted by molar-refractivity contribution is -0.119. The van der Waals surface area contributed by atoms with Crippen molar-refractivity contribution in [3.8, 4) is 11.3 Å². The molecule has 0 spiro atoms. The van der Waals surface area contributed by atoms with Gasteiger partial charge in [-0.15, -0.1) is 0 Å². The van der Waals surface area contributed by atoms with Crippen LogP contribution >= 0.6 is 0 Å². The van der Waals surface area contributed by atoms with Gasteiger partial charge >= 0.3 is 0 Å². The van der Waals surface area contributed by atoms with Crippen molar-refractivity contribution in [2.75, 3.05) is 5.32 Å². The summed E-state index contributed by atoms with van der Waals surface area (Å²) in [6.45, 7) is 7.44. The van der Waals surface area contributed by atoms with E-state index in [1.165, 1.54) is 17.8 Å². The van der Waals surface area contributed by atoms with Crippen LogP contribution in [0.25, 0.3) is 22.2 Å². The zero-order chi connectivity index (χ0) is 20.4. The van der Waals surface area contributed by atoms with Gasteiger partial charge in [-0.1, -0.05) is 24.3 Å². The topological polar surface area (TPSA) is 88.9 Å². The normalized spacial score (nSPS) is 12.2. The highest BCUT2D eigenvalue weighted by atomic mass is 16.1. The molecule has 0 aliphatic heterocycles. The molecule has 0 saturated heterocycles. The zero-order valence-electron chi connectivity index (χ0n) is 16.8. The van der Waals surface area contributed by atoms with Gasteiger partial charge in [-0.3, -0.25) is 9.59 Å². The average Bonchev–Trinajstić information content (AvgIpc) is 2.63. The van der Waals surface area contributed by atoms with Gasteiger partial charge in [-0.2, -0.15) is 0 Å². The Morgan fingerprint density at radius 1 is 1.14 bits per heavy atom. The SMILES string of the molecule is CC(=O)N[C@@H](C)c1ccc(-c2cc3ncn(C)c(=O)c3c(NC(C)C)n2)cc1. The van der Waals surface area contributed by atoms with Crippen molar-refractivity contribution in [1.82, 2.24) is 19.9 Å². The smallest absolute Gasteiger partial charge is 0.264 e. The summed E-state index contributed by atoms with van der Waals surface area (Å²) >= 11 is 0. The number of carbonyl (C=O) groups excluding carboxylic acids is 1. The molecule has 28 heavy (non-hydrogen) atoms. The molecule has 2 N–H and O–H groups in total. The predicted molar refractivity (Wildman–Crippen MR) is 111 cm³/mol. The number of fused-ring (bicyclic) bond motifs is 1. The Kier molecular flexibility index (Phi) is 5.44. The molecule has 0 aliphatic carbocycles. The van der Waals surface area contributed by atoms with Gasteiger partial charge in [0.15, 0.2) is 0 Å². The molecule has 2 aromatic heterocycles. The molecular weight excluding hydrogens is 354 g/mol. The van der Waals surface area contributed by atoms with Gasteiger partial charge < -0.3 is 15.2 Å². The van der Waals surface area contributed by atoms with E-state index in [0.29, 0.717) is 16.7 Å². The quantitative estimate of drug-likeness (QED) is 0.711. The first-order valence-corrected chi connectivity index (χ1v) is 9.26. The number of pyridine rings is 1. The third-order valence-electron chi connectivity index (χ3n) is 4.45. The fraction of sp³-hybridized carbons (Fsp3) is 0.333. The van der Waals surface area contributed by atoms with Crippen molar-refractivity contribution in [3.05, 3.63) is 52.6 Å². The summed E-state index contributed by atoms with van der Waals surface area (Å²) in [5.74, 6) is 0.469. The Morgan fingerprint density at radius 3 is 2.43 bits per heavy atom. The van der Waals surface area contributed by atoms with Gasteiger partial charge in [0.05, 0.1) is 23.6 Å². The van der Waals surface area contributed by atoms with Gasteiger partial charge in [0, 0.05) is 25.6 Å². The fourth-order valence-electron chi connectivity index (χ4n) is 3.08. The molecule has 1 atom stereocenters. The van der Waals surface area contributed by atoms with Gasteiger partial charge in [0.1, 0.15) is 11.2 Å². The van der Waals surface area contributed by atoms with Crippen LogP contribution in [-0.4, -0.2) is 26.5 Å². The Bertz CT molecular complexity index is 1070. The molecule has 0 aliphatic rings. The van der Waals surface area contributed by atoms with Crippen LogP contribution in [0.5, 0.6) is 0 Å². The Hall–Kier alpha value is -3.22. The number of nitrogens with one attached hydrogen (secondary N) is 2. The lowest BCUT2D eigenvalue weighted by Gasteiger charge is -2.15. The fourth-order valence-corrected chi connectivity index (χ4v) is 3.08. The summed E-state index contributed by atoms with van der Waals surface area (Å²) < 4.78 is 1.45. The zero-order valence-corrected chi connectivity index (χ0v) is 16.8. The van der Waals surface area contributed by atoms with Crippen molar-refractivity contribution in [2.24, 2.45) is 7.05 Å². The highest BCUT2D eigenvalue weighted by Gasteiger charge is 2.14. The van der Waals surface area contributed by atoms with E-state index in [1.807, 2.05) is 51.1 Å². The summed E-state index contributed by atoms with van der Waals surface area (Å²) in [7, 11) is 1.68. The second-order valence-electron chi connectivity index (χ2n) is 7.25. The summed E-state index contributed by atoms with van der Waals surface area (Å²) in [4.78, 5) is 33.0. The lowest BCUT2D eigenvalue weighted by Crippen LogP contribution is -2.23. The first kappa shape index (κ1) is 19.5. The van der Waals surface area contributed by atoms with Crippen molar-refractivity contribution in [1.29, 1.82) is 0 Å². The minimum Gasteiger partial charge on any atom is -0.367 e. The van der Waals surface area contributed by atoms with E-state index in [2.05, 4.69) is 15.6 Å². The van der Waals surface area contributed by atoms with Gasteiger partial charge in [-0.25, -0.2) is 9.97 Å². The molecule has 0 radical (unpaired) electrons. The van der Waals surface area contributed by atoms with E-state index >= 15 is 0 Å². The first-order valence-electron chi connectivity index (χ1n) is 9.26. The van der Waals surface area contributed by atoms with E-state index in [-0.39, 0.29) is 23.6 Å². The molecule has 2 heterocycles. The van der Waals surface area contributed by atoms with Crippen LogP contribution in [0, 0.1) is 0 Å². The van der Waals surface area contributed by atoms with E-state index in [0.717, 1.165) is 16.8 Å². The number of amides is 1. The number of hydrogen-bond acceptors (Lipinski definition) is 5. The Balaban J connectivity index is 2.07. The average molecular weight is 379 g/mol. The van der Waals surface area contributed by atoms with Gasteiger partial charge in [0.25, 0.3) is 5.56 Å². The summed E-state index contributed by atoms with van der Waals surface area (Å²) in [5, 5.41) is 6.62. The van der Waals surface area contributed by atoms with Crippen LogP contribution in [-0.2, 0) is 11.8 Å². The maximum absolute atomic E-state index is 12.6. The summed E-state index contributed by atoms with van der Waals surface area (Å²) in [5.41, 5.74) is 3.12. The number of rotatable bonds is 5. The Morgan fingerprint density at radius 2 is 1.82 bits per heavy atom. The summed E-state index contributed by atoms with van der Waals surface area (Å²) in [6, 6.07) is 9.73. The minimum absolute atomic E-state index is 0.0650. The monoisotopic (exact) mass is 379 g/mol. The second kappa shape index (κ2) is 7.80. The molecule has 1 aromatic carbocycles. The highest BCUT2D eigenvalue weighted by molar-refractivity contribution is 5.91. The molecule has 7 heteroatoms. The first-order chi connectivity index (χ1) is 13.3. The van der Waals surface area contributed by atoms with E-state index < -0.39 is 0 Å². The van der Waals surface area contributed by atoms with Crippen molar-refractivity contribution >= 4 is 22.6 Å². The lowest BCUT2D eigenvalue weighted by atomic mass is 10.0. The van der Waals surface area contributed by atoms with Crippen LogP contribution in [0.2, 0.25) is 0 Å². The summed E-state index contributed by atoms with van der Waals surface area (Å²) in [6.07, 6.45) is 1.52. The molecule has 0 bridgehead atoms. The maximum atomic E-state index is 12.6. The van der Waals surface area contributed by atoms with Crippen LogP contribution in [0.3, 0.4) is 0 Å². The molecule has 1 amide bonds. The number of anilines is 1. The number of hydrogen-bond donors (Lipinski definition) is 2. The molecule has 3 rings (SSSR count). The number of aryl methyl sites for hydroxylation is 1. The van der Waals surface area contributed by atoms with Crippen LogP contribution < -0.4 is 16.2 Å². The van der Waals surface area contributed by atoms with E-state index in [1.54, 1.807) is 7.05 Å². The number of carbonyl (C=O) groups is 1. The van der Waals surface area contributed by atoms with Crippen LogP contribution in [0.1, 0.15) is 39.3 Å². The standard InChI is InChI=1S/C21H25N5O2/c1-12(2)23-20-19-18(22-11-26(5)21(19)28)10-17(25-20)16-8-6-15(7-9-16)13(3)24-14(4)27/h6-13H,1-5H3,(H,23,25)(H,24,27)/t13-/m0/s1. The Labute approximate surface area is 163 Å². The van der Waals surface area contributed by atoms with Crippen molar-refractivity contribution in [2.45, 2.75) is 39.8 Å². The van der Waals surface area contributed by atoms with E-state index in [9.17, 15) is 9.59 Å². The largest absolute Gasteiger partial charge is 0.367 e. The highest BCUT2D eigenvalue weighted by Crippen LogP contribution is 2.26. The number of aromatic nitrogens is 3. The van der Waals surface area contributed by atoms with Gasteiger partial charge in [-0.05, 0) is 32.4 Å². The van der Waals surface area contributed by atoms with Crippen LogP contribution in [0.4, 0.5) is 5.82 Å². The number of benzene rings is 1. The molecule has 3 aromatic rings. The van der Waals surface area contributed by atoms with Crippen molar-refractivity contribution in [3.63, 3.8) is 0 Å². The predicted octanol–water partition coefficient (Wildman–Crippen LogP) is 3.01. The van der Waals surface area contributed by atoms with E-state index in [4.69, 9.17) is 4.98 Å². The third kappa shape index (κ3) is 4.03. The molecule has 0 unspecified atom stereocenters. The van der Waals surface area contributed by atoms with Crippen LogP contribution in [0.15, 0.2) is 41.5 Å². The van der Waals surface area contributed by atoms with Gasteiger partial charge in [0.2, 0.25) is 5.91 Å². The molecule has 0 saturated carbocycles. The second-order valence-corrected chi connectivity index (χ2v) is 7.25. The third-order valence-corrected chi connectivity index (χ3v) is 4.45.